The van der Waals surface area contributed by atoms with E-state index in [0.29, 0.717) is 19.6 Å². The second kappa shape index (κ2) is 7.72. The van der Waals surface area contributed by atoms with Crippen molar-refractivity contribution in [3.8, 4) is 0 Å². The molecule has 1 rings (SSSR count). The first-order chi connectivity index (χ1) is 9.38. The van der Waals surface area contributed by atoms with Crippen molar-refractivity contribution in [1.29, 1.82) is 0 Å². The molecule has 0 aromatic heterocycles. The molecule has 2 unspecified atom stereocenters. The number of nitrogens with two attached hydrogens (primary N) is 1. The smallest absolute Gasteiger partial charge is 0.312 e. The van der Waals surface area contributed by atoms with Crippen molar-refractivity contribution in [2.45, 2.75) is 32.6 Å². The van der Waals surface area contributed by atoms with Gasteiger partial charge in [-0.1, -0.05) is 6.92 Å². The lowest BCUT2D eigenvalue weighted by Crippen LogP contribution is -2.44. The number of amides is 3. The lowest BCUT2D eigenvalue weighted by Gasteiger charge is -2.33. The van der Waals surface area contributed by atoms with E-state index in [-0.39, 0.29) is 30.6 Å². The van der Waals surface area contributed by atoms with E-state index in [0.717, 1.165) is 12.8 Å². The molecule has 0 saturated carbocycles. The molecule has 7 nitrogen and oxygen atoms in total. The number of carbonyl (C=O) groups excluding carboxylic acids is 2. The molecule has 0 aromatic rings. The second-order valence-electron chi connectivity index (χ2n) is 5.50. The van der Waals surface area contributed by atoms with Gasteiger partial charge in [-0.15, -0.1) is 0 Å². The summed E-state index contributed by atoms with van der Waals surface area (Å²) in [6.45, 7) is 3.54. The van der Waals surface area contributed by atoms with Crippen LogP contribution in [0.1, 0.15) is 32.6 Å². The average Bonchev–Trinajstić information content (AvgIpc) is 2.35. The number of aliphatic carboxylic acids is 1. The average molecular weight is 285 g/mol. The largest absolute Gasteiger partial charge is 0.481 e. The molecule has 1 saturated heterocycles. The number of carboxylic acids is 1. The summed E-state index contributed by atoms with van der Waals surface area (Å²) in [4.78, 5) is 35.1. The van der Waals surface area contributed by atoms with Crippen molar-refractivity contribution in [3.63, 3.8) is 0 Å². The summed E-state index contributed by atoms with van der Waals surface area (Å²) in [6.07, 6.45) is 2.10. The fourth-order valence-electron chi connectivity index (χ4n) is 2.50. The van der Waals surface area contributed by atoms with Crippen molar-refractivity contribution in [2.75, 3.05) is 19.6 Å². The molecule has 0 aliphatic carbocycles. The van der Waals surface area contributed by atoms with Gasteiger partial charge in [0.15, 0.2) is 0 Å². The first-order valence-corrected chi connectivity index (χ1v) is 6.91. The van der Waals surface area contributed by atoms with Crippen LogP contribution in [0.2, 0.25) is 0 Å². The molecule has 4 N–H and O–H groups in total. The first kappa shape index (κ1) is 16.3. The second-order valence-corrected chi connectivity index (χ2v) is 5.50. The summed E-state index contributed by atoms with van der Waals surface area (Å²) in [5, 5.41) is 11.3. The predicted octanol–water partition coefficient (Wildman–Crippen LogP) is 0.394. The Hall–Kier alpha value is -1.79. The summed E-state index contributed by atoms with van der Waals surface area (Å²) in [6, 6.07) is -0.552. The zero-order valence-corrected chi connectivity index (χ0v) is 11.8. The predicted molar refractivity (Wildman–Crippen MR) is 72.9 cm³/mol. The molecule has 2 atom stereocenters. The molecule has 1 fully saturated rings. The molecule has 0 bridgehead atoms. The molecule has 7 heteroatoms. The van der Waals surface area contributed by atoms with E-state index in [1.807, 2.05) is 0 Å². The number of primary amides is 1. The first-order valence-electron chi connectivity index (χ1n) is 6.91. The molecular formula is C13H23N3O4. The lowest BCUT2D eigenvalue weighted by molar-refractivity contribution is -0.139. The van der Waals surface area contributed by atoms with Gasteiger partial charge in [-0.3, -0.25) is 9.59 Å². The molecule has 114 valence electrons. The standard InChI is InChI=1S/C13H23N3O4/c1-9(6-12(18)19)5-11(17)16-4-2-3-10(8-16)7-15-13(14)20/h9-10H,2-8H2,1H3,(H,18,19)(H3,14,15,20). The zero-order chi connectivity index (χ0) is 15.1. The summed E-state index contributed by atoms with van der Waals surface area (Å²) in [7, 11) is 0. The Labute approximate surface area is 118 Å². The number of hydrogen-bond acceptors (Lipinski definition) is 3. The molecule has 1 heterocycles. The van der Waals surface area contributed by atoms with E-state index in [9.17, 15) is 14.4 Å². The highest BCUT2D eigenvalue weighted by molar-refractivity contribution is 5.77. The van der Waals surface area contributed by atoms with Crippen molar-refractivity contribution in [2.24, 2.45) is 17.6 Å². The van der Waals surface area contributed by atoms with E-state index < -0.39 is 12.0 Å². The van der Waals surface area contributed by atoms with Crippen molar-refractivity contribution in [1.82, 2.24) is 10.2 Å². The highest BCUT2D eigenvalue weighted by Crippen LogP contribution is 2.18. The number of piperidine rings is 1. The third-order valence-corrected chi connectivity index (χ3v) is 3.48. The number of rotatable bonds is 6. The van der Waals surface area contributed by atoms with Crippen LogP contribution in [0.15, 0.2) is 0 Å². The molecule has 1 aliphatic rings. The van der Waals surface area contributed by atoms with Gasteiger partial charge in [-0.05, 0) is 24.7 Å². The van der Waals surface area contributed by atoms with Crippen molar-refractivity contribution < 1.29 is 19.5 Å². The third kappa shape index (κ3) is 5.90. The number of carboxylic acid groups (broad SMARTS) is 1. The van der Waals surface area contributed by atoms with Gasteiger partial charge in [-0.2, -0.15) is 0 Å². The summed E-state index contributed by atoms with van der Waals surface area (Å²) < 4.78 is 0. The SMILES string of the molecule is CC(CC(=O)O)CC(=O)N1CCCC(CNC(N)=O)C1. The van der Waals surface area contributed by atoms with E-state index in [1.54, 1.807) is 11.8 Å². The maximum Gasteiger partial charge on any atom is 0.312 e. The quantitative estimate of drug-likeness (QED) is 0.655. The number of likely N-dealkylation sites (tertiary alicyclic amines) is 1. The highest BCUT2D eigenvalue weighted by Gasteiger charge is 2.25. The number of urea groups is 1. The minimum atomic E-state index is -0.882. The molecule has 0 radical (unpaired) electrons. The van der Waals surface area contributed by atoms with Crippen LogP contribution in [-0.2, 0) is 9.59 Å². The highest BCUT2D eigenvalue weighted by atomic mass is 16.4. The Morgan fingerprint density at radius 1 is 1.40 bits per heavy atom. The van der Waals surface area contributed by atoms with Gasteiger partial charge in [0.2, 0.25) is 5.91 Å². The Morgan fingerprint density at radius 3 is 2.70 bits per heavy atom. The van der Waals surface area contributed by atoms with Crippen LogP contribution < -0.4 is 11.1 Å². The van der Waals surface area contributed by atoms with Gasteiger partial charge >= 0.3 is 12.0 Å². The molecule has 3 amide bonds. The minimum absolute atomic E-state index is 0.00619. The van der Waals surface area contributed by atoms with Crippen LogP contribution in [0.4, 0.5) is 4.79 Å². The van der Waals surface area contributed by atoms with Gasteiger partial charge in [0.25, 0.3) is 0 Å². The minimum Gasteiger partial charge on any atom is -0.481 e. The van der Waals surface area contributed by atoms with Crippen LogP contribution in [0.5, 0.6) is 0 Å². The van der Waals surface area contributed by atoms with Crippen molar-refractivity contribution in [3.05, 3.63) is 0 Å². The van der Waals surface area contributed by atoms with Gasteiger partial charge in [0.1, 0.15) is 0 Å². The van der Waals surface area contributed by atoms with Crippen LogP contribution in [0.3, 0.4) is 0 Å². The molecule has 1 aliphatic heterocycles. The van der Waals surface area contributed by atoms with Gasteiger partial charge in [-0.25, -0.2) is 4.79 Å². The third-order valence-electron chi connectivity index (χ3n) is 3.48. The number of nitrogens with one attached hydrogen (secondary N) is 1. The Kier molecular flexibility index (Phi) is 6.27. The maximum absolute atomic E-state index is 12.1. The zero-order valence-electron chi connectivity index (χ0n) is 11.8. The molecular weight excluding hydrogens is 262 g/mol. The van der Waals surface area contributed by atoms with Crippen LogP contribution in [0.25, 0.3) is 0 Å². The summed E-state index contributed by atoms with van der Waals surface area (Å²) in [5.74, 6) is -0.839. The van der Waals surface area contributed by atoms with Crippen molar-refractivity contribution >= 4 is 17.9 Å². The summed E-state index contributed by atoms with van der Waals surface area (Å²) in [5.41, 5.74) is 5.03. The Bertz CT molecular complexity index is 373. The van der Waals surface area contributed by atoms with E-state index >= 15 is 0 Å². The number of carbonyl (C=O) groups is 3. The van der Waals surface area contributed by atoms with Crippen LogP contribution in [-0.4, -0.2) is 47.5 Å². The Morgan fingerprint density at radius 2 is 2.10 bits per heavy atom. The van der Waals surface area contributed by atoms with Crippen LogP contribution >= 0.6 is 0 Å². The van der Waals surface area contributed by atoms with Gasteiger partial charge in [0, 0.05) is 32.5 Å². The van der Waals surface area contributed by atoms with E-state index in [2.05, 4.69) is 5.32 Å². The van der Waals surface area contributed by atoms with E-state index in [4.69, 9.17) is 10.8 Å². The lowest BCUT2D eigenvalue weighted by atomic mass is 9.96. The summed E-state index contributed by atoms with van der Waals surface area (Å²) >= 11 is 0. The topological polar surface area (TPSA) is 113 Å². The van der Waals surface area contributed by atoms with Gasteiger partial charge in [0.05, 0.1) is 0 Å². The van der Waals surface area contributed by atoms with Crippen LogP contribution in [0, 0.1) is 11.8 Å². The van der Waals surface area contributed by atoms with E-state index in [1.165, 1.54) is 0 Å². The monoisotopic (exact) mass is 285 g/mol. The maximum atomic E-state index is 12.1. The Balaban J connectivity index is 2.39. The van der Waals surface area contributed by atoms with Gasteiger partial charge < -0.3 is 21.1 Å². The molecule has 0 spiro atoms. The normalized spacial score (nSPS) is 20.2. The number of hydrogen-bond donors (Lipinski definition) is 3. The number of nitrogens with zero attached hydrogens (tertiary/aromatic N) is 1. The molecule has 0 aromatic carbocycles. The molecule has 20 heavy (non-hydrogen) atoms. The fraction of sp³-hybridized carbons (Fsp3) is 0.769. The fourth-order valence-corrected chi connectivity index (χ4v) is 2.50.